The lowest BCUT2D eigenvalue weighted by Crippen LogP contribution is -2.50. The van der Waals surface area contributed by atoms with E-state index in [0.29, 0.717) is 51.0 Å². The van der Waals surface area contributed by atoms with Crippen molar-refractivity contribution in [3.63, 3.8) is 0 Å². The van der Waals surface area contributed by atoms with Gasteiger partial charge in [0.2, 0.25) is 17.7 Å². The number of methoxy groups -OCH3 is 1. The van der Waals surface area contributed by atoms with Gasteiger partial charge in [-0.3, -0.25) is 14.4 Å². The summed E-state index contributed by atoms with van der Waals surface area (Å²) in [6.07, 6.45) is 3.74. The first kappa shape index (κ1) is 23.4. The highest BCUT2D eigenvalue weighted by Crippen LogP contribution is 2.39. The quantitative estimate of drug-likeness (QED) is 0.652. The van der Waals surface area contributed by atoms with Gasteiger partial charge in [-0.05, 0) is 37.0 Å². The molecule has 1 heterocycles. The predicted molar refractivity (Wildman–Crippen MR) is 112 cm³/mol. The van der Waals surface area contributed by atoms with Crippen LogP contribution in [0.2, 0.25) is 0 Å². The number of hydrogen-bond donors (Lipinski definition) is 1. The summed E-state index contributed by atoms with van der Waals surface area (Å²) >= 11 is 0. The van der Waals surface area contributed by atoms with Crippen LogP contribution in [0.4, 0.5) is 0 Å². The number of nitrogens with one attached hydrogen (secondary N) is 1. The van der Waals surface area contributed by atoms with Crippen LogP contribution >= 0.6 is 0 Å². The zero-order chi connectivity index (χ0) is 21.6. The van der Waals surface area contributed by atoms with E-state index < -0.39 is 0 Å². The summed E-state index contributed by atoms with van der Waals surface area (Å²) in [5.41, 5.74) is 1.24. The molecule has 0 aromatic carbocycles. The van der Waals surface area contributed by atoms with Gasteiger partial charge in [0, 0.05) is 53.2 Å². The van der Waals surface area contributed by atoms with E-state index in [1.807, 2.05) is 4.90 Å². The highest BCUT2D eigenvalue weighted by Gasteiger charge is 2.34. The van der Waals surface area contributed by atoms with Crippen molar-refractivity contribution in [1.82, 2.24) is 15.1 Å². The zero-order valence-corrected chi connectivity index (χ0v) is 18.6. The molecule has 1 fully saturated rings. The number of carbonyl (C=O) groups excluding carboxylic acids is 3. The number of hydrogen-bond acceptors (Lipinski definition) is 4. The van der Waals surface area contributed by atoms with Crippen molar-refractivity contribution in [3.05, 3.63) is 11.6 Å². The molecule has 0 radical (unpaired) electrons. The smallest absolute Gasteiger partial charge is 0.246 e. The van der Waals surface area contributed by atoms with Gasteiger partial charge in [-0.1, -0.05) is 25.5 Å². The maximum absolute atomic E-state index is 12.9. The molecule has 1 N–H and O–H groups in total. The molecule has 2 rings (SSSR count). The third-order valence-electron chi connectivity index (χ3n) is 6.39. The molecule has 2 aliphatic rings. The van der Waals surface area contributed by atoms with Crippen molar-refractivity contribution in [2.75, 3.05) is 46.4 Å². The minimum atomic E-state index is -0.0944. The Balaban J connectivity index is 1.96. The molecule has 0 bridgehead atoms. The molecule has 0 saturated carbocycles. The highest BCUT2D eigenvalue weighted by atomic mass is 16.5. The number of piperazine rings is 1. The zero-order valence-electron chi connectivity index (χ0n) is 18.6. The fourth-order valence-electron chi connectivity index (χ4n) is 4.53. The van der Waals surface area contributed by atoms with Crippen LogP contribution in [0.5, 0.6) is 0 Å². The summed E-state index contributed by atoms with van der Waals surface area (Å²) in [5, 5.41) is 2.96. The summed E-state index contributed by atoms with van der Waals surface area (Å²) in [4.78, 5) is 39.8. The lowest BCUT2D eigenvalue weighted by Gasteiger charge is -2.39. The van der Waals surface area contributed by atoms with E-state index in [-0.39, 0.29) is 36.2 Å². The second-order valence-corrected chi connectivity index (χ2v) is 8.74. The summed E-state index contributed by atoms with van der Waals surface area (Å²) in [5.74, 6) is 1.58. The first-order valence-corrected chi connectivity index (χ1v) is 10.7. The largest absolute Gasteiger partial charge is 0.375 e. The summed E-state index contributed by atoms with van der Waals surface area (Å²) in [6.45, 7) is 11.3. The van der Waals surface area contributed by atoms with Gasteiger partial charge in [0.25, 0.3) is 0 Å². The van der Waals surface area contributed by atoms with E-state index >= 15 is 0 Å². The number of ether oxygens (including phenoxy) is 1. The SMILES string of the molecule is COCC(=O)NC[C@@H]1C=C(C)[C@H](CC(=O)N2CCN(C(C)=O)CC2)C[C@H]1C(C)C. The van der Waals surface area contributed by atoms with Gasteiger partial charge in [0.1, 0.15) is 6.61 Å². The van der Waals surface area contributed by atoms with Crippen molar-refractivity contribution in [1.29, 1.82) is 0 Å². The molecule has 164 valence electrons. The van der Waals surface area contributed by atoms with Gasteiger partial charge in [-0.15, -0.1) is 0 Å². The molecule has 1 aliphatic carbocycles. The van der Waals surface area contributed by atoms with Crippen LogP contribution in [-0.4, -0.2) is 74.0 Å². The fourth-order valence-corrected chi connectivity index (χ4v) is 4.53. The van der Waals surface area contributed by atoms with Crippen LogP contribution in [0, 0.1) is 23.7 Å². The summed E-state index contributed by atoms with van der Waals surface area (Å²) in [7, 11) is 1.52. The van der Waals surface area contributed by atoms with Crippen LogP contribution in [0.25, 0.3) is 0 Å². The lowest BCUT2D eigenvalue weighted by molar-refractivity contribution is -0.139. The Morgan fingerprint density at radius 1 is 1.17 bits per heavy atom. The molecule has 7 nitrogen and oxygen atoms in total. The highest BCUT2D eigenvalue weighted by molar-refractivity contribution is 5.78. The van der Waals surface area contributed by atoms with Gasteiger partial charge in [0.05, 0.1) is 0 Å². The van der Waals surface area contributed by atoms with Crippen molar-refractivity contribution < 1.29 is 19.1 Å². The standard InChI is InChI=1S/C22H37N3O4/c1-15(2)20-11-18(16(3)10-19(20)13-23-21(27)14-29-5)12-22(28)25-8-6-24(7-9-25)17(4)26/h10,15,18-20H,6-9,11-14H2,1-5H3,(H,23,27)/t18-,19-,20-/m0/s1. The van der Waals surface area contributed by atoms with E-state index in [2.05, 4.69) is 32.2 Å². The molecule has 7 heteroatoms. The molecule has 0 spiro atoms. The topological polar surface area (TPSA) is 79.0 Å². The van der Waals surface area contributed by atoms with E-state index in [1.165, 1.54) is 12.7 Å². The number of rotatable bonds is 7. The van der Waals surface area contributed by atoms with Crippen molar-refractivity contribution >= 4 is 17.7 Å². The molecule has 29 heavy (non-hydrogen) atoms. The van der Waals surface area contributed by atoms with Crippen LogP contribution in [0.15, 0.2) is 11.6 Å². The number of carbonyl (C=O) groups is 3. The van der Waals surface area contributed by atoms with E-state index in [9.17, 15) is 14.4 Å². The van der Waals surface area contributed by atoms with E-state index in [4.69, 9.17) is 4.74 Å². The van der Waals surface area contributed by atoms with Crippen LogP contribution in [-0.2, 0) is 19.1 Å². The van der Waals surface area contributed by atoms with Gasteiger partial charge in [0.15, 0.2) is 0 Å². The Hall–Kier alpha value is -1.89. The van der Waals surface area contributed by atoms with Gasteiger partial charge < -0.3 is 19.9 Å². The molecular weight excluding hydrogens is 370 g/mol. The van der Waals surface area contributed by atoms with Crippen LogP contribution in [0.3, 0.4) is 0 Å². The summed E-state index contributed by atoms with van der Waals surface area (Å²) in [6, 6.07) is 0. The van der Waals surface area contributed by atoms with Gasteiger partial charge in [-0.25, -0.2) is 0 Å². The van der Waals surface area contributed by atoms with E-state index in [1.54, 1.807) is 11.8 Å². The maximum atomic E-state index is 12.9. The normalized spacial score (nSPS) is 25.0. The average molecular weight is 408 g/mol. The number of allylic oxidation sites excluding steroid dienone is 1. The minimum absolute atomic E-state index is 0.0755. The molecule has 3 atom stereocenters. The average Bonchev–Trinajstić information content (AvgIpc) is 2.68. The summed E-state index contributed by atoms with van der Waals surface area (Å²) < 4.78 is 4.89. The molecule has 0 unspecified atom stereocenters. The third kappa shape index (κ3) is 6.56. The lowest BCUT2D eigenvalue weighted by atomic mass is 9.69. The predicted octanol–water partition coefficient (Wildman–Crippen LogP) is 1.68. The Bertz CT molecular complexity index is 624. The molecule has 1 saturated heterocycles. The van der Waals surface area contributed by atoms with Gasteiger partial charge >= 0.3 is 0 Å². The van der Waals surface area contributed by atoms with Crippen molar-refractivity contribution in [2.45, 2.75) is 40.5 Å². The Labute approximate surface area is 174 Å². The molecule has 3 amide bonds. The number of nitrogens with zero attached hydrogens (tertiary/aromatic N) is 2. The molecule has 0 aromatic heterocycles. The van der Waals surface area contributed by atoms with Crippen LogP contribution < -0.4 is 5.32 Å². The monoisotopic (exact) mass is 407 g/mol. The molecular formula is C22H37N3O4. The van der Waals surface area contributed by atoms with Crippen molar-refractivity contribution in [2.24, 2.45) is 23.7 Å². The molecule has 1 aliphatic heterocycles. The second kappa shape index (κ2) is 10.8. The van der Waals surface area contributed by atoms with Gasteiger partial charge in [-0.2, -0.15) is 0 Å². The number of amides is 3. The Morgan fingerprint density at radius 2 is 1.79 bits per heavy atom. The van der Waals surface area contributed by atoms with Crippen LogP contribution in [0.1, 0.15) is 40.5 Å². The maximum Gasteiger partial charge on any atom is 0.246 e. The first-order valence-electron chi connectivity index (χ1n) is 10.7. The fraction of sp³-hybridized carbons (Fsp3) is 0.773. The Morgan fingerprint density at radius 3 is 2.34 bits per heavy atom. The van der Waals surface area contributed by atoms with E-state index in [0.717, 1.165) is 6.42 Å². The minimum Gasteiger partial charge on any atom is -0.375 e. The van der Waals surface area contributed by atoms with Crippen molar-refractivity contribution in [3.8, 4) is 0 Å². The molecule has 0 aromatic rings. The Kier molecular flexibility index (Phi) is 8.68. The third-order valence-corrected chi connectivity index (χ3v) is 6.39. The second-order valence-electron chi connectivity index (χ2n) is 8.74. The first-order chi connectivity index (χ1) is 13.7.